The summed E-state index contributed by atoms with van der Waals surface area (Å²) in [7, 11) is 0. The number of aromatic nitrogens is 3. The first-order valence-electron chi connectivity index (χ1n) is 8.72. The largest absolute Gasteiger partial charge is 0.337 e. The number of carbonyl (C=O) groups excluding carboxylic acids is 1. The second kappa shape index (κ2) is 6.75. The van der Waals surface area contributed by atoms with Crippen LogP contribution in [0.1, 0.15) is 43.7 Å². The van der Waals surface area contributed by atoms with E-state index in [1.165, 1.54) is 6.07 Å². The molecular weight excluding hydrogens is 343 g/mol. The lowest BCUT2D eigenvalue weighted by Crippen LogP contribution is -2.47. The first-order chi connectivity index (χ1) is 12.1. The normalized spacial score (nSPS) is 25.4. The summed E-state index contributed by atoms with van der Waals surface area (Å²) in [6.45, 7) is 0. The Hall–Kier alpha value is -1.95. The van der Waals surface area contributed by atoms with Crippen LogP contribution in [0.4, 0.5) is 4.39 Å². The molecule has 3 heterocycles. The van der Waals surface area contributed by atoms with Crippen LogP contribution in [0.3, 0.4) is 0 Å². The summed E-state index contributed by atoms with van der Waals surface area (Å²) >= 11 is 5.81. The van der Waals surface area contributed by atoms with Crippen molar-refractivity contribution in [2.45, 2.75) is 56.7 Å². The van der Waals surface area contributed by atoms with E-state index in [2.05, 4.69) is 15.1 Å². The van der Waals surface area contributed by atoms with Crippen LogP contribution in [0.2, 0.25) is 5.02 Å². The molecule has 0 spiro atoms. The second-order valence-corrected chi connectivity index (χ2v) is 7.32. The van der Waals surface area contributed by atoms with Gasteiger partial charge in [0, 0.05) is 18.5 Å². The summed E-state index contributed by atoms with van der Waals surface area (Å²) in [6, 6.07) is 5.49. The average molecular weight is 363 g/mol. The maximum atomic E-state index is 13.2. The second-order valence-electron chi connectivity index (χ2n) is 6.91. The van der Waals surface area contributed by atoms with Gasteiger partial charge in [0.1, 0.15) is 5.82 Å². The van der Waals surface area contributed by atoms with Gasteiger partial charge in [0.05, 0.1) is 23.5 Å². The number of hydrogen-bond donors (Lipinski definition) is 0. The highest BCUT2D eigenvalue weighted by Crippen LogP contribution is 2.40. The number of halogens is 2. The summed E-state index contributed by atoms with van der Waals surface area (Å²) in [5, 5.41) is 8.62. The maximum absolute atomic E-state index is 13.2. The quantitative estimate of drug-likeness (QED) is 0.837. The molecule has 2 aliphatic rings. The van der Waals surface area contributed by atoms with E-state index < -0.39 is 5.82 Å². The van der Waals surface area contributed by atoms with Crippen molar-refractivity contribution in [1.82, 2.24) is 19.9 Å². The Labute approximate surface area is 150 Å². The maximum Gasteiger partial charge on any atom is 0.223 e. The Morgan fingerprint density at radius 3 is 2.48 bits per heavy atom. The molecule has 0 saturated carbocycles. The molecule has 1 aromatic carbocycles. The number of benzene rings is 1. The van der Waals surface area contributed by atoms with Gasteiger partial charge in [-0.3, -0.25) is 4.79 Å². The van der Waals surface area contributed by atoms with Crippen molar-refractivity contribution in [2.75, 3.05) is 0 Å². The molecule has 1 amide bonds. The Balaban J connectivity index is 1.39. The number of amides is 1. The Kier molecular flexibility index (Phi) is 4.46. The first kappa shape index (κ1) is 16.5. The standard InChI is InChI=1S/C18H20ClFN4O/c19-16-9-12(1-5-17(16)20)2-6-18(25)23-13-3-4-14(23)11-15(10-13)24-21-7-8-22-24/h1,5,7-9,13-15H,2-4,6,10-11H2. The molecule has 1 aromatic heterocycles. The predicted molar refractivity (Wildman–Crippen MR) is 91.7 cm³/mol. The van der Waals surface area contributed by atoms with Crippen molar-refractivity contribution in [3.05, 3.63) is 47.0 Å². The Morgan fingerprint density at radius 1 is 1.16 bits per heavy atom. The minimum absolute atomic E-state index is 0.109. The number of hydrogen-bond acceptors (Lipinski definition) is 3. The Morgan fingerprint density at radius 2 is 1.84 bits per heavy atom. The van der Waals surface area contributed by atoms with Gasteiger partial charge in [-0.25, -0.2) is 4.39 Å². The van der Waals surface area contributed by atoms with Crippen LogP contribution in [0.5, 0.6) is 0 Å². The molecule has 25 heavy (non-hydrogen) atoms. The van der Waals surface area contributed by atoms with Gasteiger partial charge in [-0.15, -0.1) is 0 Å². The highest BCUT2D eigenvalue weighted by atomic mass is 35.5. The molecule has 0 radical (unpaired) electrons. The third-order valence-corrected chi connectivity index (χ3v) is 5.66. The fraction of sp³-hybridized carbons (Fsp3) is 0.500. The fourth-order valence-electron chi connectivity index (χ4n) is 4.23. The van der Waals surface area contributed by atoms with E-state index in [4.69, 9.17) is 11.6 Å². The molecule has 2 fully saturated rings. The zero-order chi connectivity index (χ0) is 17.4. The zero-order valence-corrected chi connectivity index (χ0v) is 14.6. The molecule has 2 aromatic rings. The summed E-state index contributed by atoms with van der Waals surface area (Å²) in [6.07, 6.45) is 8.35. The van der Waals surface area contributed by atoms with Crippen molar-refractivity contribution in [3.63, 3.8) is 0 Å². The molecule has 5 nitrogen and oxygen atoms in total. The van der Waals surface area contributed by atoms with Gasteiger partial charge in [-0.2, -0.15) is 15.0 Å². The number of piperidine rings is 1. The number of carbonyl (C=O) groups is 1. The lowest BCUT2D eigenvalue weighted by Gasteiger charge is -2.38. The van der Waals surface area contributed by atoms with E-state index in [1.54, 1.807) is 29.3 Å². The van der Waals surface area contributed by atoms with Crippen LogP contribution < -0.4 is 0 Å². The third-order valence-electron chi connectivity index (χ3n) is 5.37. The van der Waals surface area contributed by atoms with Crippen LogP contribution in [-0.2, 0) is 11.2 Å². The highest BCUT2D eigenvalue weighted by molar-refractivity contribution is 6.30. The molecule has 4 rings (SSSR count). The highest BCUT2D eigenvalue weighted by Gasteiger charge is 2.43. The van der Waals surface area contributed by atoms with Gasteiger partial charge in [-0.1, -0.05) is 17.7 Å². The molecule has 2 aliphatic heterocycles. The minimum atomic E-state index is -0.427. The lowest BCUT2D eigenvalue weighted by molar-refractivity contribution is -0.136. The topological polar surface area (TPSA) is 51.0 Å². The molecule has 7 heteroatoms. The molecule has 132 valence electrons. The summed E-state index contributed by atoms with van der Waals surface area (Å²) in [4.78, 5) is 16.6. The molecule has 2 unspecified atom stereocenters. The first-order valence-corrected chi connectivity index (χ1v) is 9.10. The molecule has 0 N–H and O–H groups in total. The molecular formula is C18H20ClFN4O. The van der Waals surface area contributed by atoms with Crippen molar-refractivity contribution in [2.24, 2.45) is 0 Å². The van der Waals surface area contributed by atoms with Gasteiger partial charge in [-0.05, 0) is 49.8 Å². The van der Waals surface area contributed by atoms with E-state index in [-0.39, 0.29) is 29.1 Å². The zero-order valence-electron chi connectivity index (χ0n) is 13.8. The average Bonchev–Trinajstić information content (AvgIpc) is 3.22. The molecule has 2 saturated heterocycles. The summed E-state index contributed by atoms with van der Waals surface area (Å²) in [5.41, 5.74) is 0.891. The summed E-state index contributed by atoms with van der Waals surface area (Å²) < 4.78 is 13.2. The molecule has 0 aliphatic carbocycles. The van der Waals surface area contributed by atoms with Crippen LogP contribution in [-0.4, -0.2) is 37.9 Å². The van der Waals surface area contributed by atoms with Crippen LogP contribution in [0, 0.1) is 5.82 Å². The van der Waals surface area contributed by atoms with E-state index in [0.717, 1.165) is 31.2 Å². The van der Waals surface area contributed by atoms with Crippen LogP contribution in [0.25, 0.3) is 0 Å². The van der Waals surface area contributed by atoms with E-state index >= 15 is 0 Å². The Bertz CT molecular complexity index is 752. The summed E-state index contributed by atoms with van der Waals surface area (Å²) in [5.74, 6) is -0.246. The van der Waals surface area contributed by atoms with Crippen molar-refractivity contribution in [3.8, 4) is 0 Å². The van der Waals surface area contributed by atoms with Gasteiger partial charge < -0.3 is 4.90 Å². The smallest absolute Gasteiger partial charge is 0.223 e. The van der Waals surface area contributed by atoms with E-state index in [9.17, 15) is 9.18 Å². The van der Waals surface area contributed by atoms with Gasteiger partial charge in [0.15, 0.2) is 0 Å². The van der Waals surface area contributed by atoms with Gasteiger partial charge in [0.25, 0.3) is 0 Å². The monoisotopic (exact) mass is 362 g/mol. The number of aryl methyl sites for hydroxylation is 1. The van der Waals surface area contributed by atoms with Gasteiger partial charge in [0.2, 0.25) is 5.91 Å². The minimum Gasteiger partial charge on any atom is -0.337 e. The third kappa shape index (κ3) is 3.27. The SMILES string of the molecule is O=C(CCc1ccc(F)c(Cl)c1)N1C2CCC1CC(n1nccn1)C2. The van der Waals surface area contributed by atoms with E-state index in [0.29, 0.717) is 12.8 Å². The lowest BCUT2D eigenvalue weighted by atomic mass is 9.97. The van der Waals surface area contributed by atoms with Crippen LogP contribution >= 0.6 is 11.6 Å². The van der Waals surface area contributed by atoms with Crippen molar-refractivity contribution >= 4 is 17.5 Å². The number of nitrogens with zero attached hydrogens (tertiary/aromatic N) is 4. The van der Waals surface area contributed by atoms with Crippen molar-refractivity contribution < 1.29 is 9.18 Å². The van der Waals surface area contributed by atoms with E-state index in [1.807, 2.05) is 0 Å². The fourth-order valence-corrected chi connectivity index (χ4v) is 4.44. The molecule has 2 bridgehead atoms. The predicted octanol–water partition coefficient (Wildman–Crippen LogP) is 3.40. The molecule has 2 atom stereocenters. The number of rotatable bonds is 4. The van der Waals surface area contributed by atoms with Crippen LogP contribution in [0.15, 0.2) is 30.6 Å². The van der Waals surface area contributed by atoms with Crippen molar-refractivity contribution in [1.29, 1.82) is 0 Å². The van der Waals surface area contributed by atoms with Gasteiger partial charge >= 0.3 is 0 Å². The number of fused-ring (bicyclic) bond motifs is 2.